The van der Waals surface area contributed by atoms with Gasteiger partial charge in [0.2, 0.25) is 0 Å². The van der Waals surface area contributed by atoms with Crippen LogP contribution < -0.4 is 10.1 Å². The number of para-hydroxylation sites is 1. The summed E-state index contributed by atoms with van der Waals surface area (Å²) in [6, 6.07) is 6.68. The first kappa shape index (κ1) is 14.4. The summed E-state index contributed by atoms with van der Waals surface area (Å²) in [6.07, 6.45) is 0.553. The minimum atomic E-state index is -0.642. The molecule has 0 spiro atoms. The Kier molecular flexibility index (Phi) is 3.91. The zero-order valence-electron chi connectivity index (χ0n) is 10.8. The third-order valence-corrected chi connectivity index (χ3v) is 3.85. The quantitative estimate of drug-likeness (QED) is 0.816. The fraction of sp³-hybridized carbons (Fsp3) is 0.200. The molecule has 1 atom stereocenters. The van der Waals surface area contributed by atoms with Crippen molar-refractivity contribution < 1.29 is 13.5 Å². The lowest BCUT2D eigenvalue weighted by Gasteiger charge is -2.28. The molecule has 1 heterocycles. The zero-order chi connectivity index (χ0) is 15.0. The molecule has 1 unspecified atom stereocenters. The van der Waals surface area contributed by atoms with E-state index in [1.54, 1.807) is 12.1 Å². The Morgan fingerprint density at radius 2 is 1.86 bits per heavy atom. The van der Waals surface area contributed by atoms with Gasteiger partial charge in [0.05, 0.1) is 17.7 Å². The van der Waals surface area contributed by atoms with E-state index in [0.29, 0.717) is 34.4 Å². The van der Waals surface area contributed by atoms with Crippen molar-refractivity contribution in [1.82, 2.24) is 0 Å². The van der Waals surface area contributed by atoms with E-state index in [1.165, 1.54) is 18.2 Å². The molecule has 2 aromatic carbocycles. The van der Waals surface area contributed by atoms with Gasteiger partial charge < -0.3 is 10.1 Å². The molecule has 1 aliphatic heterocycles. The third-order valence-electron chi connectivity index (χ3n) is 3.35. The van der Waals surface area contributed by atoms with Gasteiger partial charge in [0, 0.05) is 17.0 Å². The molecule has 0 aromatic heterocycles. The first-order chi connectivity index (χ1) is 10.1. The topological polar surface area (TPSA) is 21.3 Å². The highest BCUT2D eigenvalue weighted by molar-refractivity contribution is 6.35. The van der Waals surface area contributed by atoms with E-state index in [2.05, 4.69) is 5.32 Å². The lowest BCUT2D eigenvalue weighted by Crippen LogP contribution is -2.21. The van der Waals surface area contributed by atoms with Crippen molar-refractivity contribution in [3.8, 4) is 5.75 Å². The molecule has 0 saturated carbocycles. The van der Waals surface area contributed by atoms with Crippen molar-refractivity contribution >= 4 is 28.9 Å². The lowest BCUT2D eigenvalue weighted by molar-refractivity contribution is 0.274. The molecule has 0 aliphatic carbocycles. The van der Waals surface area contributed by atoms with Gasteiger partial charge in [-0.15, -0.1) is 0 Å². The van der Waals surface area contributed by atoms with Crippen LogP contribution in [-0.2, 0) is 0 Å². The van der Waals surface area contributed by atoms with Crippen LogP contribution >= 0.6 is 23.2 Å². The van der Waals surface area contributed by atoms with Crippen molar-refractivity contribution in [3.63, 3.8) is 0 Å². The molecular formula is C15H11Cl2F2NO. The van der Waals surface area contributed by atoms with Gasteiger partial charge in [-0.25, -0.2) is 8.78 Å². The molecule has 0 fully saturated rings. The molecule has 6 heteroatoms. The van der Waals surface area contributed by atoms with Crippen LogP contribution in [0.4, 0.5) is 14.5 Å². The first-order valence-corrected chi connectivity index (χ1v) is 7.14. The normalized spacial score (nSPS) is 17.0. The van der Waals surface area contributed by atoms with Crippen molar-refractivity contribution in [2.45, 2.75) is 12.5 Å². The average Bonchev–Trinajstić information content (AvgIpc) is 2.43. The maximum Gasteiger partial charge on any atom is 0.149 e. The van der Waals surface area contributed by atoms with Gasteiger partial charge in [0.1, 0.15) is 23.1 Å². The highest BCUT2D eigenvalue weighted by Crippen LogP contribution is 2.41. The summed E-state index contributed by atoms with van der Waals surface area (Å²) in [4.78, 5) is 0. The Morgan fingerprint density at radius 3 is 2.57 bits per heavy atom. The van der Waals surface area contributed by atoms with Gasteiger partial charge in [-0.3, -0.25) is 0 Å². The largest absolute Gasteiger partial charge is 0.492 e. The van der Waals surface area contributed by atoms with Gasteiger partial charge in [-0.1, -0.05) is 29.3 Å². The zero-order valence-corrected chi connectivity index (χ0v) is 12.3. The molecular weight excluding hydrogens is 319 g/mol. The van der Waals surface area contributed by atoms with Crippen LogP contribution in [0.15, 0.2) is 30.3 Å². The second-order valence-electron chi connectivity index (χ2n) is 4.74. The molecule has 21 heavy (non-hydrogen) atoms. The Balaban J connectivity index is 1.99. The van der Waals surface area contributed by atoms with Crippen LogP contribution in [-0.4, -0.2) is 6.61 Å². The number of ether oxygens (including phenoxy) is 1. The number of anilines is 1. The van der Waals surface area contributed by atoms with E-state index in [4.69, 9.17) is 27.9 Å². The van der Waals surface area contributed by atoms with Crippen molar-refractivity contribution in [1.29, 1.82) is 0 Å². The Hall–Kier alpha value is -1.52. The second-order valence-corrected chi connectivity index (χ2v) is 5.58. The summed E-state index contributed by atoms with van der Waals surface area (Å²) < 4.78 is 33.0. The van der Waals surface area contributed by atoms with Gasteiger partial charge in [0.15, 0.2) is 0 Å². The number of hydrogen-bond donors (Lipinski definition) is 1. The molecule has 1 N–H and O–H groups in total. The van der Waals surface area contributed by atoms with E-state index in [-0.39, 0.29) is 11.7 Å². The number of nitrogens with one attached hydrogen (secondary N) is 1. The number of fused-ring (bicyclic) bond motifs is 1. The third kappa shape index (κ3) is 2.78. The van der Waals surface area contributed by atoms with Crippen molar-refractivity contribution in [3.05, 3.63) is 57.6 Å². The fourth-order valence-electron chi connectivity index (χ4n) is 2.39. The highest BCUT2D eigenvalue weighted by Gasteiger charge is 2.25. The maximum absolute atomic E-state index is 13.8. The fourth-order valence-corrected chi connectivity index (χ4v) is 2.95. The van der Waals surface area contributed by atoms with E-state index >= 15 is 0 Å². The second kappa shape index (κ2) is 5.70. The Labute approximate surface area is 130 Å². The first-order valence-electron chi connectivity index (χ1n) is 6.38. The molecule has 3 rings (SSSR count). The predicted octanol–water partition coefficient (Wildman–Crippen LogP) is 5.21. The molecule has 0 amide bonds. The van der Waals surface area contributed by atoms with Gasteiger partial charge >= 0.3 is 0 Å². The molecule has 0 bridgehead atoms. The summed E-state index contributed by atoms with van der Waals surface area (Å²) in [5, 5.41) is 3.72. The van der Waals surface area contributed by atoms with Crippen LogP contribution in [0.5, 0.6) is 5.75 Å². The molecule has 2 nitrogen and oxygen atoms in total. The SMILES string of the molecule is Fc1cccc(F)c1NC1CCOc2c(Cl)cc(Cl)cc21. The van der Waals surface area contributed by atoms with E-state index in [0.717, 1.165) is 0 Å². The minimum absolute atomic E-state index is 0.161. The van der Waals surface area contributed by atoms with Gasteiger partial charge in [-0.2, -0.15) is 0 Å². The average molecular weight is 330 g/mol. The monoisotopic (exact) mass is 329 g/mol. The van der Waals surface area contributed by atoms with Crippen LogP contribution in [0.2, 0.25) is 10.0 Å². The summed E-state index contributed by atoms with van der Waals surface area (Å²) >= 11 is 12.1. The summed E-state index contributed by atoms with van der Waals surface area (Å²) in [7, 11) is 0. The maximum atomic E-state index is 13.8. The minimum Gasteiger partial charge on any atom is -0.492 e. The molecule has 1 aliphatic rings. The van der Waals surface area contributed by atoms with Gasteiger partial charge in [-0.05, 0) is 24.3 Å². The number of halogens is 4. The van der Waals surface area contributed by atoms with Crippen molar-refractivity contribution in [2.75, 3.05) is 11.9 Å². The van der Waals surface area contributed by atoms with Crippen molar-refractivity contribution in [2.24, 2.45) is 0 Å². The Morgan fingerprint density at radius 1 is 1.14 bits per heavy atom. The molecule has 2 aromatic rings. The van der Waals surface area contributed by atoms with Crippen LogP contribution in [0.25, 0.3) is 0 Å². The standard InChI is InChI=1S/C15H11Cl2F2NO/c16-8-6-9-13(4-5-21-15(9)10(17)7-8)20-14-11(18)2-1-3-12(14)19/h1-3,6-7,13,20H,4-5H2. The van der Waals surface area contributed by atoms with Crippen LogP contribution in [0, 0.1) is 11.6 Å². The van der Waals surface area contributed by atoms with E-state index in [9.17, 15) is 8.78 Å². The van der Waals surface area contributed by atoms with Gasteiger partial charge in [0.25, 0.3) is 0 Å². The lowest BCUT2D eigenvalue weighted by atomic mass is 10.00. The summed E-state index contributed by atoms with van der Waals surface area (Å²) in [5.74, 6) is -0.783. The van der Waals surface area contributed by atoms with Crippen LogP contribution in [0.3, 0.4) is 0 Å². The molecule has 0 radical (unpaired) electrons. The molecule has 110 valence electrons. The predicted molar refractivity (Wildman–Crippen MR) is 79.3 cm³/mol. The smallest absolute Gasteiger partial charge is 0.149 e. The van der Waals surface area contributed by atoms with Crippen LogP contribution in [0.1, 0.15) is 18.0 Å². The van der Waals surface area contributed by atoms with E-state index in [1.807, 2.05) is 0 Å². The highest BCUT2D eigenvalue weighted by atomic mass is 35.5. The molecule has 0 saturated heterocycles. The Bertz CT molecular complexity index is 673. The number of benzene rings is 2. The van der Waals surface area contributed by atoms with E-state index < -0.39 is 11.6 Å². The number of hydrogen-bond acceptors (Lipinski definition) is 2. The summed E-state index contributed by atoms with van der Waals surface area (Å²) in [6.45, 7) is 0.405. The summed E-state index contributed by atoms with van der Waals surface area (Å²) in [5.41, 5.74) is 0.535. The number of rotatable bonds is 2.